The van der Waals surface area contributed by atoms with Crippen LogP contribution < -0.4 is 5.73 Å². The average molecular weight is 300 g/mol. The van der Waals surface area contributed by atoms with E-state index in [0.717, 1.165) is 40.3 Å². The van der Waals surface area contributed by atoms with E-state index in [1.165, 1.54) is 0 Å². The number of nitrogens with zero attached hydrogens (tertiary/aromatic N) is 2. The number of aromatic nitrogens is 2. The summed E-state index contributed by atoms with van der Waals surface area (Å²) in [5.74, 6) is 1.02. The number of para-hydroxylation sites is 2. The van der Waals surface area contributed by atoms with E-state index in [-0.39, 0.29) is 6.04 Å². The maximum atomic E-state index is 6.28. The Morgan fingerprint density at radius 3 is 2.71 bits per heavy atom. The lowest BCUT2D eigenvalue weighted by molar-refractivity contribution is 0.626. The fourth-order valence-corrected chi connectivity index (χ4v) is 2.86. The molecule has 0 fully saturated rings. The van der Waals surface area contributed by atoms with Gasteiger partial charge in [0.2, 0.25) is 0 Å². The molecule has 1 atom stereocenters. The molecule has 0 spiro atoms. The molecule has 3 aromatic rings. The Kier molecular flexibility index (Phi) is 3.95. The molecule has 1 unspecified atom stereocenters. The van der Waals surface area contributed by atoms with Crippen LogP contribution in [-0.4, -0.2) is 15.6 Å². The molecule has 2 aromatic carbocycles. The van der Waals surface area contributed by atoms with Crippen LogP contribution in [0.2, 0.25) is 5.02 Å². The van der Waals surface area contributed by atoms with Crippen LogP contribution >= 0.6 is 11.6 Å². The summed E-state index contributed by atoms with van der Waals surface area (Å²) in [5, 5.41) is 0.752. The van der Waals surface area contributed by atoms with Crippen molar-refractivity contribution in [2.45, 2.75) is 18.9 Å². The number of benzene rings is 2. The fraction of sp³-hybridized carbons (Fsp3) is 0.235. The minimum atomic E-state index is 0.0268. The summed E-state index contributed by atoms with van der Waals surface area (Å²) >= 11 is 6.01. The van der Waals surface area contributed by atoms with Gasteiger partial charge in [-0.2, -0.15) is 0 Å². The highest BCUT2D eigenvalue weighted by atomic mass is 35.5. The highest BCUT2D eigenvalue weighted by Gasteiger charge is 2.12. The number of fused-ring (bicyclic) bond motifs is 1. The van der Waals surface area contributed by atoms with Crippen molar-refractivity contribution < 1.29 is 0 Å². The molecule has 1 heterocycles. The van der Waals surface area contributed by atoms with E-state index < -0.39 is 0 Å². The van der Waals surface area contributed by atoms with Crippen molar-refractivity contribution in [3.63, 3.8) is 0 Å². The van der Waals surface area contributed by atoms with Crippen molar-refractivity contribution in [3.05, 3.63) is 64.9 Å². The third kappa shape index (κ3) is 3.09. The molecule has 21 heavy (non-hydrogen) atoms. The van der Waals surface area contributed by atoms with Crippen molar-refractivity contribution in [3.8, 4) is 0 Å². The molecule has 3 rings (SSSR count). The summed E-state index contributed by atoms with van der Waals surface area (Å²) in [6.45, 7) is 0. The van der Waals surface area contributed by atoms with Gasteiger partial charge in [-0.05, 0) is 36.2 Å². The number of imidazole rings is 1. The lowest BCUT2D eigenvalue weighted by Gasteiger charge is -2.12. The van der Waals surface area contributed by atoms with Gasteiger partial charge < -0.3 is 10.3 Å². The number of nitrogens with two attached hydrogens (primary N) is 1. The molecule has 108 valence electrons. The minimum absolute atomic E-state index is 0.0268. The molecule has 0 aliphatic rings. The molecule has 0 aliphatic carbocycles. The largest absolute Gasteiger partial charge is 0.331 e. The average Bonchev–Trinajstić information content (AvgIpc) is 2.76. The Balaban J connectivity index is 1.77. The Bertz CT molecular complexity index is 764. The molecule has 2 N–H and O–H groups in total. The van der Waals surface area contributed by atoms with E-state index in [4.69, 9.17) is 17.3 Å². The monoisotopic (exact) mass is 299 g/mol. The Hall–Kier alpha value is -1.84. The van der Waals surface area contributed by atoms with Crippen LogP contribution in [0.25, 0.3) is 11.0 Å². The standard InChI is InChI=1S/C17H18ClN3/c1-21-16-8-3-2-7-15(16)20-17(21)11-14(19)10-12-5-4-6-13(18)9-12/h2-9,14H,10-11,19H2,1H3. The molecular formula is C17H18ClN3. The second-order valence-corrected chi connectivity index (χ2v) is 5.81. The summed E-state index contributed by atoms with van der Waals surface area (Å²) in [6.07, 6.45) is 1.54. The zero-order chi connectivity index (χ0) is 14.8. The first kappa shape index (κ1) is 14.1. The maximum absolute atomic E-state index is 6.28. The first-order valence-corrected chi connectivity index (χ1v) is 7.41. The van der Waals surface area contributed by atoms with Crippen molar-refractivity contribution >= 4 is 22.6 Å². The van der Waals surface area contributed by atoms with Crippen LogP contribution in [0.1, 0.15) is 11.4 Å². The lowest BCUT2D eigenvalue weighted by atomic mass is 10.0. The number of rotatable bonds is 4. The van der Waals surface area contributed by atoms with Gasteiger partial charge >= 0.3 is 0 Å². The third-order valence-electron chi connectivity index (χ3n) is 3.71. The van der Waals surface area contributed by atoms with Crippen molar-refractivity contribution in [2.24, 2.45) is 12.8 Å². The smallest absolute Gasteiger partial charge is 0.111 e. The quantitative estimate of drug-likeness (QED) is 0.803. The van der Waals surface area contributed by atoms with E-state index in [9.17, 15) is 0 Å². The molecule has 0 radical (unpaired) electrons. The van der Waals surface area contributed by atoms with Gasteiger partial charge in [0, 0.05) is 24.5 Å². The van der Waals surface area contributed by atoms with E-state index in [1.807, 2.05) is 43.4 Å². The molecule has 0 bridgehead atoms. The second kappa shape index (κ2) is 5.88. The SMILES string of the molecule is Cn1c(CC(N)Cc2cccc(Cl)c2)nc2ccccc21. The highest BCUT2D eigenvalue weighted by molar-refractivity contribution is 6.30. The lowest BCUT2D eigenvalue weighted by Crippen LogP contribution is -2.26. The van der Waals surface area contributed by atoms with Crippen LogP contribution in [0.4, 0.5) is 0 Å². The Labute approximate surface area is 129 Å². The van der Waals surface area contributed by atoms with E-state index in [2.05, 4.69) is 21.7 Å². The molecule has 0 amide bonds. The molecule has 0 saturated carbocycles. The summed E-state index contributed by atoms with van der Waals surface area (Å²) < 4.78 is 2.12. The molecule has 0 aliphatic heterocycles. The van der Waals surface area contributed by atoms with Gasteiger partial charge in [-0.25, -0.2) is 4.98 Å². The van der Waals surface area contributed by atoms with Gasteiger partial charge in [-0.1, -0.05) is 35.9 Å². The van der Waals surface area contributed by atoms with Gasteiger partial charge in [0.1, 0.15) is 5.82 Å². The van der Waals surface area contributed by atoms with Gasteiger partial charge in [-0.15, -0.1) is 0 Å². The summed E-state index contributed by atoms with van der Waals surface area (Å²) in [4.78, 5) is 4.67. The number of aryl methyl sites for hydroxylation is 1. The molecule has 0 saturated heterocycles. The predicted octanol–water partition coefficient (Wildman–Crippen LogP) is 3.34. The molecular weight excluding hydrogens is 282 g/mol. The molecule has 4 heteroatoms. The number of hydrogen-bond acceptors (Lipinski definition) is 2. The van der Waals surface area contributed by atoms with Crippen LogP contribution in [0.5, 0.6) is 0 Å². The normalized spacial score (nSPS) is 12.7. The summed E-state index contributed by atoms with van der Waals surface area (Å²) in [7, 11) is 2.04. The molecule has 1 aromatic heterocycles. The fourth-order valence-electron chi connectivity index (χ4n) is 2.65. The second-order valence-electron chi connectivity index (χ2n) is 5.37. The van der Waals surface area contributed by atoms with Crippen LogP contribution in [0, 0.1) is 0 Å². The van der Waals surface area contributed by atoms with Crippen molar-refractivity contribution in [1.82, 2.24) is 9.55 Å². The first-order valence-electron chi connectivity index (χ1n) is 7.04. The van der Waals surface area contributed by atoms with Gasteiger partial charge in [0.15, 0.2) is 0 Å². The maximum Gasteiger partial charge on any atom is 0.111 e. The van der Waals surface area contributed by atoms with E-state index >= 15 is 0 Å². The van der Waals surface area contributed by atoms with Gasteiger partial charge in [0.05, 0.1) is 11.0 Å². The van der Waals surface area contributed by atoms with Crippen molar-refractivity contribution in [2.75, 3.05) is 0 Å². The molecule has 3 nitrogen and oxygen atoms in total. The van der Waals surface area contributed by atoms with Crippen LogP contribution in [-0.2, 0) is 19.9 Å². The van der Waals surface area contributed by atoms with Crippen LogP contribution in [0.3, 0.4) is 0 Å². The Morgan fingerprint density at radius 1 is 1.14 bits per heavy atom. The van der Waals surface area contributed by atoms with Gasteiger partial charge in [-0.3, -0.25) is 0 Å². The summed E-state index contributed by atoms with van der Waals surface area (Å²) in [5.41, 5.74) is 9.60. The van der Waals surface area contributed by atoms with E-state index in [0.29, 0.717) is 0 Å². The third-order valence-corrected chi connectivity index (χ3v) is 3.95. The Morgan fingerprint density at radius 2 is 1.95 bits per heavy atom. The number of halogens is 1. The zero-order valence-corrected chi connectivity index (χ0v) is 12.7. The highest BCUT2D eigenvalue weighted by Crippen LogP contribution is 2.17. The summed E-state index contributed by atoms with van der Waals surface area (Å²) in [6, 6.07) is 16.0. The minimum Gasteiger partial charge on any atom is -0.331 e. The predicted molar refractivity (Wildman–Crippen MR) is 87.5 cm³/mol. The zero-order valence-electron chi connectivity index (χ0n) is 12.0. The topological polar surface area (TPSA) is 43.8 Å². The van der Waals surface area contributed by atoms with Gasteiger partial charge in [0.25, 0.3) is 0 Å². The number of hydrogen-bond donors (Lipinski definition) is 1. The van der Waals surface area contributed by atoms with Crippen molar-refractivity contribution in [1.29, 1.82) is 0 Å². The first-order chi connectivity index (χ1) is 10.1. The van der Waals surface area contributed by atoms with E-state index in [1.54, 1.807) is 0 Å². The van der Waals surface area contributed by atoms with Crippen LogP contribution in [0.15, 0.2) is 48.5 Å².